The van der Waals surface area contributed by atoms with E-state index in [0.717, 1.165) is 27.8 Å². The molecule has 0 amide bonds. The summed E-state index contributed by atoms with van der Waals surface area (Å²) in [5.41, 5.74) is 2.73. The van der Waals surface area contributed by atoms with Gasteiger partial charge in [0.1, 0.15) is 12.4 Å². The first-order chi connectivity index (χ1) is 11.2. The van der Waals surface area contributed by atoms with Gasteiger partial charge in [0, 0.05) is 18.5 Å². The maximum atomic E-state index is 11.7. The molecule has 114 valence electrons. The number of carbonyl (C=O) groups is 1. The number of hydrogen-bond acceptors (Lipinski definition) is 3. The van der Waals surface area contributed by atoms with Crippen LogP contribution in [0.4, 0.5) is 0 Å². The molecule has 0 aliphatic rings. The molecule has 0 atom stereocenters. The Morgan fingerprint density at radius 3 is 2.70 bits per heavy atom. The summed E-state index contributed by atoms with van der Waals surface area (Å²) < 4.78 is 7.40. The van der Waals surface area contributed by atoms with Crippen LogP contribution in [0.1, 0.15) is 22.8 Å². The predicted octanol–water partition coefficient (Wildman–Crippen LogP) is 3.95. The van der Waals surface area contributed by atoms with Crippen molar-refractivity contribution in [2.24, 2.45) is 0 Å². The molecule has 4 heteroatoms. The summed E-state index contributed by atoms with van der Waals surface area (Å²) in [5, 5.41) is 9.85. The van der Waals surface area contributed by atoms with Gasteiger partial charge in [-0.3, -0.25) is 9.36 Å². The first-order valence-corrected chi connectivity index (χ1v) is 7.37. The molecule has 2 aromatic carbocycles. The minimum Gasteiger partial charge on any atom is -0.489 e. The van der Waals surface area contributed by atoms with Gasteiger partial charge in [-0.2, -0.15) is 5.26 Å². The van der Waals surface area contributed by atoms with Crippen LogP contribution in [0.15, 0.2) is 54.7 Å². The van der Waals surface area contributed by atoms with Crippen molar-refractivity contribution in [1.29, 1.82) is 5.26 Å². The molecular formula is C19H16N2O2. The Balaban J connectivity index is 1.93. The highest BCUT2D eigenvalue weighted by Crippen LogP contribution is 2.27. The first kappa shape index (κ1) is 14.9. The van der Waals surface area contributed by atoms with Crippen LogP contribution in [-0.2, 0) is 13.0 Å². The van der Waals surface area contributed by atoms with E-state index in [-0.39, 0.29) is 12.3 Å². The SMILES string of the molecule is CC(=O)n1cc(CC#N)c2cc(OCc3ccccc3)ccc21. The third-order valence-electron chi connectivity index (χ3n) is 3.72. The minimum absolute atomic E-state index is 0.0721. The molecule has 3 rings (SSSR count). The number of carbonyl (C=O) groups excluding carboxylic acids is 1. The highest BCUT2D eigenvalue weighted by Gasteiger charge is 2.12. The van der Waals surface area contributed by atoms with Crippen molar-refractivity contribution in [3.05, 3.63) is 65.9 Å². The average Bonchev–Trinajstić information content (AvgIpc) is 2.93. The van der Waals surface area contributed by atoms with Gasteiger partial charge in [0.15, 0.2) is 0 Å². The molecule has 0 saturated carbocycles. The number of benzene rings is 2. The van der Waals surface area contributed by atoms with Gasteiger partial charge in [0.2, 0.25) is 5.91 Å². The number of nitrogens with zero attached hydrogens (tertiary/aromatic N) is 2. The molecule has 0 N–H and O–H groups in total. The Morgan fingerprint density at radius 2 is 2.00 bits per heavy atom. The monoisotopic (exact) mass is 304 g/mol. The van der Waals surface area contributed by atoms with E-state index >= 15 is 0 Å². The summed E-state index contributed by atoms with van der Waals surface area (Å²) in [6, 6.07) is 17.7. The van der Waals surface area contributed by atoms with Crippen LogP contribution in [0.25, 0.3) is 10.9 Å². The number of nitriles is 1. The summed E-state index contributed by atoms with van der Waals surface area (Å²) in [4.78, 5) is 11.7. The molecule has 23 heavy (non-hydrogen) atoms. The second kappa shape index (κ2) is 6.37. The lowest BCUT2D eigenvalue weighted by atomic mass is 10.1. The predicted molar refractivity (Wildman–Crippen MR) is 88.3 cm³/mol. The van der Waals surface area contributed by atoms with Gasteiger partial charge in [-0.25, -0.2) is 0 Å². The zero-order valence-corrected chi connectivity index (χ0v) is 12.8. The molecule has 0 saturated heterocycles. The van der Waals surface area contributed by atoms with Crippen molar-refractivity contribution in [3.63, 3.8) is 0 Å². The molecule has 1 heterocycles. The quantitative estimate of drug-likeness (QED) is 0.733. The topological polar surface area (TPSA) is 55.0 Å². The van der Waals surface area contributed by atoms with Crippen LogP contribution in [0, 0.1) is 11.3 Å². The Kier molecular flexibility index (Phi) is 4.11. The highest BCUT2D eigenvalue weighted by atomic mass is 16.5. The van der Waals surface area contributed by atoms with Crippen molar-refractivity contribution in [2.45, 2.75) is 20.0 Å². The van der Waals surface area contributed by atoms with E-state index in [1.54, 1.807) is 10.8 Å². The highest BCUT2D eigenvalue weighted by molar-refractivity contribution is 5.94. The van der Waals surface area contributed by atoms with Crippen LogP contribution in [-0.4, -0.2) is 10.5 Å². The van der Waals surface area contributed by atoms with E-state index in [1.165, 1.54) is 6.92 Å². The minimum atomic E-state index is -0.0721. The fourth-order valence-electron chi connectivity index (χ4n) is 2.59. The zero-order valence-electron chi connectivity index (χ0n) is 12.8. The second-order valence-corrected chi connectivity index (χ2v) is 5.33. The molecule has 3 aromatic rings. The molecule has 0 radical (unpaired) electrons. The summed E-state index contributed by atoms with van der Waals surface area (Å²) >= 11 is 0. The van der Waals surface area contributed by atoms with Crippen molar-refractivity contribution in [1.82, 2.24) is 4.57 Å². The Bertz CT molecular complexity index is 889. The van der Waals surface area contributed by atoms with Crippen molar-refractivity contribution in [3.8, 4) is 11.8 Å². The summed E-state index contributed by atoms with van der Waals surface area (Å²) in [6.07, 6.45) is 2.00. The summed E-state index contributed by atoms with van der Waals surface area (Å²) in [6.45, 7) is 1.99. The maximum absolute atomic E-state index is 11.7. The maximum Gasteiger partial charge on any atom is 0.227 e. The summed E-state index contributed by atoms with van der Waals surface area (Å²) in [5.74, 6) is 0.652. The van der Waals surface area contributed by atoms with E-state index < -0.39 is 0 Å². The van der Waals surface area contributed by atoms with Gasteiger partial charge < -0.3 is 4.74 Å². The van der Waals surface area contributed by atoms with Crippen molar-refractivity contribution < 1.29 is 9.53 Å². The number of rotatable bonds is 4. The van der Waals surface area contributed by atoms with Gasteiger partial charge in [0.25, 0.3) is 0 Å². The lowest BCUT2D eigenvalue weighted by Gasteiger charge is -2.07. The Hall–Kier alpha value is -3.06. The standard InChI is InChI=1S/C19H16N2O2/c1-14(22)21-12-16(9-10-20)18-11-17(7-8-19(18)21)23-13-15-5-3-2-4-6-15/h2-8,11-12H,9,13H2,1H3. The lowest BCUT2D eigenvalue weighted by Crippen LogP contribution is -2.03. The second-order valence-electron chi connectivity index (χ2n) is 5.33. The van der Waals surface area contributed by atoms with Crippen molar-refractivity contribution >= 4 is 16.8 Å². The Morgan fingerprint density at radius 1 is 1.22 bits per heavy atom. The third-order valence-corrected chi connectivity index (χ3v) is 3.72. The molecule has 0 spiro atoms. The lowest BCUT2D eigenvalue weighted by molar-refractivity contribution is 0.0941. The van der Waals surface area contributed by atoms with Gasteiger partial charge in [-0.1, -0.05) is 30.3 Å². The van der Waals surface area contributed by atoms with E-state index in [4.69, 9.17) is 10.00 Å². The number of fused-ring (bicyclic) bond motifs is 1. The normalized spacial score (nSPS) is 10.4. The van der Waals surface area contributed by atoms with E-state index in [2.05, 4.69) is 6.07 Å². The van der Waals surface area contributed by atoms with E-state index in [0.29, 0.717) is 6.61 Å². The molecule has 0 aliphatic carbocycles. The van der Waals surface area contributed by atoms with Crippen LogP contribution in [0.3, 0.4) is 0 Å². The van der Waals surface area contributed by atoms with Gasteiger partial charge in [-0.05, 0) is 29.3 Å². The first-order valence-electron chi connectivity index (χ1n) is 7.37. The smallest absolute Gasteiger partial charge is 0.227 e. The van der Waals surface area contributed by atoms with Crippen LogP contribution >= 0.6 is 0 Å². The Labute approximate surface area is 134 Å². The molecule has 0 bridgehead atoms. The zero-order chi connectivity index (χ0) is 16.2. The van der Waals surface area contributed by atoms with E-state index in [9.17, 15) is 4.79 Å². The van der Waals surface area contributed by atoms with Crippen LogP contribution in [0.2, 0.25) is 0 Å². The van der Waals surface area contributed by atoms with E-state index in [1.807, 2.05) is 48.5 Å². The largest absolute Gasteiger partial charge is 0.489 e. The number of ether oxygens (including phenoxy) is 1. The summed E-state index contributed by atoms with van der Waals surface area (Å²) in [7, 11) is 0. The van der Waals surface area contributed by atoms with Crippen LogP contribution < -0.4 is 4.74 Å². The average molecular weight is 304 g/mol. The fourth-order valence-corrected chi connectivity index (χ4v) is 2.59. The fraction of sp³-hybridized carbons (Fsp3) is 0.158. The third kappa shape index (κ3) is 3.09. The molecule has 0 aliphatic heterocycles. The van der Waals surface area contributed by atoms with Crippen molar-refractivity contribution in [2.75, 3.05) is 0 Å². The van der Waals surface area contributed by atoms with Gasteiger partial charge in [-0.15, -0.1) is 0 Å². The van der Waals surface area contributed by atoms with Crippen LogP contribution in [0.5, 0.6) is 5.75 Å². The molecule has 1 aromatic heterocycles. The number of hydrogen-bond donors (Lipinski definition) is 0. The molecular weight excluding hydrogens is 288 g/mol. The van der Waals surface area contributed by atoms with Gasteiger partial charge in [0.05, 0.1) is 18.0 Å². The number of aromatic nitrogens is 1. The molecule has 0 unspecified atom stereocenters. The molecule has 4 nitrogen and oxygen atoms in total. The van der Waals surface area contributed by atoms with Gasteiger partial charge >= 0.3 is 0 Å². The molecule has 0 fully saturated rings.